The molecule has 2 unspecified atom stereocenters. The van der Waals surface area contributed by atoms with Gasteiger partial charge in [-0.1, -0.05) is 12.1 Å². The van der Waals surface area contributed by atoms with Crippen molar-refractivity contribution >= 4 is 17.7 Å². The first-order chi connectivity index (χ1) is 9.74. The maximum absolute atomic E-state index is 12.3. The Bertz CT molecular complexity index is 510. The average Bonchev–Trinajstić information content (AvgIpc) is 2.94. The second-order valence-electron chi connectivity index (χ2n) is 5.44. The van der Waals surface area contributed by atoms with Crippen LogP contribution in [0.2, 0.25) is 0 Å². The van der Waals surface area contributed by atoms with E-state index in [1.807, 2.05) is 35.2 Å². The Morgan fingerprint density at radius 1 is 1.30 bits per heavy atom. The molecular weight excluding hydrogens is 252 g/mol. The number of carbonyl (C=O) groups is 1. The Hall–Kier alpha value is -1.81. The molecule has 0 bridgehead atoms. The van der Waals surface area contributed by atoms with Gasteiger partial charge in [0.2, 0.25) is 5.91 Å². The fourth-order valence-electron chi connectivity index (χ4n) is 3.07. The number of amides is 1. The molecule has 4 heteroatoms. The van der Waals surface area contributed by atoms with E-state index in [0.717, 1.165) is 30.5 Å². The molecule has 2 aliphatic rings. The third-order valence-electron chi connectivity index (χ3n) is 4.12. The maximum Gasteiger partial charge on any atom is 0.246 e. The van der Waals surface area contributed by atoms with E-state index in [4.69, 9.17) is 10.5 Å². The van der Waals surface area contributed by atoms with Gasteiger partial charge in [-0.25, -0.2) is 0 Å². The van der Waals surface area contributed by atoms with Gasteiger partial charge < -0.3 is 15.4 Å². The van der Waals surface area contributed by atoms with Crippen LogP contribution < -0.4 is 5.73 Å². The second-order valence-corrected chi connectivity index (χ2v) is 5.44. The molecule has 1 heterocycles. The number of carbonyl (C=O) groups excluding carboxylic acids is 1. The Morgan fingerprint density at radius 3 is 2.90 bits per heavy atom. The SMILES string of the molecule is Nc1ccc(/C=C/C(=O)N2CCOC3CCCC32)cc1. The molecule has 2 N–H and O–H groups in total. The van der Waals surface area contributed by atoms with Crippen molar-refractivity contribution in [1.29, 1.82) is 0 Å². The van der Waals surface area contributed by atoms with E-state index in [9.17, 15) is 4.79 Å². The smallest absolute Gasteiger partial charge is 0.246 e. The highest BCUT2D eigenvalue weighted by Gasteiger charge is 2.37. The monoisotopic (exact) mass is 272 g/mol. The minimum atomic E-state index is 0.0852. The number of fused-ring (bicyclic) bond motifs is 1. The predicted octanol–water partition coefficient (Wildman–Crippen LogP) is 2.06. The zero-order chi connectivity index (χ0) is 13.9. The molecule has 1 aliphatic carbocycles. The topological polar surface area (TPSA) is 55.6 Å². The minimum Gasteiger partial charge on any atom is -0.399 e. The summed E-state index contributed by atoms with van der Waals surface area (Å²) >= 11 is 0. The van der Waals surface area contributed by atoms with E-state index in [2.05, 4.69) is 0 Å². The Labute approximate surface area is 119 Å². The lowest BCUT2D eigenvalue weighted by atomic mass is 10.1. The van der Waals surface area contributed by atoms with E-state index in [1.165, 1.54) is 0 Å². The van der Waals surface area contributed by atoms with Crippen molar-refractivity contribution in [1.82, 2.24) is 4.90 Å². The molecule has 20 heavy (non-hydrogen) atoms. The third-order valence-corrected chi connectivity index (χ3v) is 4.12. The van der Waals surface area contributed by atoms with Crippen molar-refractivity contribution in [2.75, 3.05) is 18.9 Å². The van der Waals surface area contributed by atoms with Crippen LogP contribution in [0, 0.1) is 0 Å². The molecule has 3 rings (SSSR count). The average molecular weight is 272 g/mol. The van der Waals surface area contributed by atoms with E-state index in [0.29, 0.717) is 13.2 Å². The Kier molecular flexibility index (Phi) is 3.74. The molecule has 0 radical (unpaired) electrons. The van der Waals surface area contributed by atoms with Crippen molar-refractivity contribution in [3.05, 3.63) is 35.9 Å². The zero-order valence-electron chi connectivity index (χ0n) is 11.5. The van der Waals surface area contributed by atoms with Crippen LogP contribution in [0.1, 0.15) is 24.8 Å². The summed E-state index contributed by atoms with van der Waals surface area (Å²) in [5, 5.41) is 0. The molecule has 1 saturated heterocycles. The number of hydrogen-bond donors (Lipinski definition) is 1. The number of nitrogen functional groups attached to an aromatic ring is 1. The van der Waals surface area contributed by atoms with E-state index >= 15 is 0 Å². The summed E-state index contributed by atoms with van der Waals surface area (Å²) in [6.07, 6.45) is 7.05. The number of anilines is 1. The van der Waals surface area contributed by atoms with Crippen LogP contribution in [0.4, 0.5) is 5.69 Å². The lowest BCUT2D eigenvalue weighted by Gasteiger charge is -2.37. The molecule has 4 nitrogen and oxygen atoms in total. The van der Waals surface area contributed by atoms with E-state index < -0.39 is 0 Å². The predicted molar refractivity (Wildman–Crippen MR) is 79.0 cm³/mol. The van der Waals surface area contributed by atoms with E-state index in [-0.39, 0.29) is 18.1 Å². The van der Waals surface area contributed by atoms with Crippen LogP contribution >= 0.6 is 0 Å². The first kappa shape index (κ1) is 13.2. The minimum absolute atomic E-state index is 0.0852. The summed E-state index contributed by atoms with van der Waals surface area (Å²) in [5.74, 6) is 0.0852. The van der Waals surface area contributed by atoms with Crippen molar-refractivity contribution in [2.45, 2.75) is 31.4 Å². The summed E-state index contributed by atoms with van der Waals surface area (Å²) in [5.41, 5.74) is 7.37. The van der Waals surface area contributed by atoms with Crippen molar-refractivity contribution < 1.29 is 9.53 Å². The van der Waals surface area contributed by atoms with Gasteiger partial charge in [0.05, 0.1) is 18.8 Å². The van der Waals surface area contributed by atoms with Crippen LogP contribution in [0.15, 0.2) is 30.3 Å². The number of nitrogens with two attached hydrogens (primary N) is 1. The molecule has 0 aromatic heterocycles. The van der Waals surface area contributed by atoms with Gasteiger partial charge in [0.25, 0.3) is 0 Å². The highest BCUT2D eigenvalue weighted by molar-refractivity contribution is 5.92. The van der Waals surface area contributed by atoms with Crippen LogP contribution in [0.3, 0.4) is 0 Å². The summed E-state index contributed by atoms with van der Waals surface area (Å²) in [6, 6.07) is 7.78. The molecule has 2 atom stereocenters. The van der Waals surface area contributed by atoms with Gasteiger partial charge >= 0.3 is 0 Å². The molecular formula is C16H20N2O2. The van der Waals surface area contributed by atoms with E-state index in [1.54, 1.807) is 6.08 Å². The van der Waals surface area contributed by atoms with Crippen molar-refractivity contribution in [3.63, 3.8) is 0 Å². The lowest BCUT2D eigenvalue weighted by molar-refractivity contribution is -0.138. The van der Waals surface area contributed by atoms with Crippen LogP contribution in [0.25, 0.3) is 6.08 Å². The van der Waals surface area contributed by atoms with Gasteiger partial charge in [-0.2, -0.15) is 0 Å². The fraction of sp³-hybridized carbons (Fsp3) is 0.438. The first-order valence-electron chi connectivity index (χ1n) is 7.20. The number of morpholine rings is 1. The summed E-state index contributed by atoms with van der Waals surface area (Å²) < 4.78 is 5.73. The molecule has 1 amide bonds. The molecule has 0 spiro atoms. The quantitative estimate of drug-likeness (QED) is 0.662. The highest BCUT2D eigenvalue weighted by atomic mass is 16.5. The number of hydrogen-bond acceptors (Lipinski definition) is 3. The third kappa shape index (κ3) is 2.70. The largest absolute Gasteiger partial charge is 0.399 e. The molecule has 1 aromatic rings. The molecule has 1 aliphatic heterocycles. The summed E-state index contributed by atoms with van der Waals surface area (Å²) in [6.45, 7) is 1.36. The molecule has 1 aromatic carbocycles. The van der Waals surface area contributed by atoms with Gasteiger partial charge in [-0.3, -0.25) is 4.79 Å². The number of nitrogens with zero attached hydrogens (tertiary/aromatic N) is 1. The molecule has 1 saturated carbocycles. The van der Waals surface area contributed by atoms with Gasteiger partial charge in [0.15, 0.2) is 0 Å². The van der Waals surface area contributed by atoms with Gasteiger partial charge in [-0.05, 0) is 43.0 Å². The standard InChI is InChI=1S/C16H20N2O2/c17-13-7-4-12(5-8-13)6-9-16(19)18-10-11-20-15-3-1-2-14(15)18/h4-9,14-15H,1-3,10-11,17H2/b9-6+. The molecule has 2 fully saturated rings. The van der Waals surface area contributed by atoms with Gasteiger partial charge in [0.1, 0.15) is 0 Å². The maximum atomic E-state index is 12.3. The Morgan fingerprint density at radius 2 is 2.10 bits per heavy atom. The lowest BCUT2D eigenvalue weighted by Crippen LogP contribution is -2.50. The van der Waals surface area contributed by atoms with Crippen molar-refractivity contribution in [2.24, 2.45) is 0 Å². The van der Waals surface area contributed by atoms with Crippen LogP contribution in [0.5, 0.6) is 0 Å². The summed E-state index contributed by atoms with van der Waals surface area (Å²) in [7, 11) is 0. The number of rotatable bonds is 2. The first-order valence-corrected chi connectivity index (χ1v) is 7.20. The highest BCUT2D eigenvalue weighted by Crippen LogP contribution is 2.29. The number of ether oxygens (including phenoxy) is 1. The van der Waals surface area contributed by atoms with Crippen molar-refractivity contribution in [3.8, 4) is 0 Å². The zero-order valence-corrected chi connectivity index (χ0v) is 11.5. The second kappa shape index (κ2) is 5.67. The fourth-order valence-corrected chi connectivity index (χ4v) is 3.07. The van der Waals surface area contributed by atoms with Crippen LogP contribution in [-0.4, -0.2) is 36.1 Å². The normalized spacial score (nSPS) is 25.9. The Balaban J connectivity index is 1.67. The van der Waals surface area contributed by atoms with Gasteiger partial charge in [-0.15, -0.1) is 0 Å². The molecule has 106 valence electrons. The summed E-state index contributed by atoms with van der Waals surface area (Å²) in [4.78, 5) is 14.3. The number of benzene rings is 1. The van der Waals surface area contributed by atoms with Crippen LogP contribution in [-0.2, 0) is 9.53 Å². The van der Waals surface area contributed by atoms with Gasteiger partial charge in [0, 0.05) is 18.3 Å².